The second-order valence-corrected chi connectivity index (χ2v) is 4.44. The van der Waals surface area contributed by atoms with E-state index in [2.05, 4.69) is 4.90 Å². The second-order valence-electron chi connectivity index (χ2n) is 4.44. The van der Waals surface area contributed by atoms with Crippen molar-refractivity contribution in [3.8, 4) is 6.07 Å². The quantitative estimate of drug-likeness (QED) is 0.846. The third-order valence-electron chi connectivity index (χ3n) is 3.07. The molecule has 1 fully saturated rings. The fourth-order valence-corrected chi connectivity index (χ4v) is 2.21. The molecule has 0 saturated carbocycles. The minimum atomic E-state index is -0.385. The van der Waals surface area contributed by atoms with Crippen molar-refractivity contribution in [2.75, 3.05) is 13.1 Å². The summed E-state index contributed by atoms with van der Waals surface area (Å²) in [4.78, 5) is 2.10. The molecule has 0 radical (unpaired) electrons. The van der Waals surface area contributed by atoms with Gasteiger partial charge in [0.25, 0.3) is 0 Å². The van der Waals surface area contributed by atoms with Crippen LogP contribution >= 0.6 is 0 Å². The molecule has 17 heavy (non-hydrogen) atoms. The van der Waals surface area contributed by atoms with Crippen LogP contribution in [0.5, 0.6) is 0 Å². The largest absolute Gasteiger partial charge is 0.392 e. The van der Waals surface area contributed by atoms with Gasteiger partial charge >= 0.3 is 0 Å². The summed E-state index contributed by atoms with van der Waals surface area (Å²) < 4.78 is 13.0. The number of aliphatic hydroxyl groups is 1. The third-order valence-corrected chi connectivity index (χ3v) is 3.07. The first kappa shape index (κ1) is 12.0. The number of likely N-dealkylation sites (tertiary alicyclic amines) is 1. The molecule has 0 aromatic heterocycles. The highest BCUT2D eigenvalue weighted by Crippen LogP contribution is 2.17. The SMILES string of the molecule is N#Cc1cc(F)ccc1CN1CCCC(O)C1. The van der Waals surface area contributed by atoms with Gasteiger partial charge in [0.05, 0.1) is 17.7 Å². The molecule has 1 aliphatic rings. The van der Waals surface area contributed by atoms with Crippen molar-refractivity contribution in [1.82, 2.24) is 4.90 Å². The number of nitriles is 1. The van der Waals surface area contributed by atoms with Gasteiger partial charge in [0.1, 0.15) is 5.82 Å². The number of piperidine rings is 1. The summed E-state index contributed by atoms with van der Waals surface area (Å²) in [6, 6.07) is 6.29. The predicted octanol–water partition coefficient (Wildman–Crippen LogP) is 1.65. The Bertz CT molecular complexity index is 442. The Balaban J connectivity index is 2.10. The molecule has 1 unspecified atom stereocenters. The van der Waals surface area contributed by atoms with E-state index in [4.69, 9.17) is 5.26 Å². The van der Waals surface area contributed by atoms with Gasteiger partial charge in [0, 0.05) is 13.1 Å². The van der Waals surface area contributed by atoms with Gasteiger partial charge in [0.2, 0.25) is 0 Å². The number of hydrogen-bond donors (Lipinski definition) is 1. The molecule has 1 aromatic carbocycles. The predicted molar refractivity (Wildman–Crippen MR) is 61.6 cm³/mol. The standard InChI is InChI=1S/C13H15FN2O/c14-12-4-3-10(11(6-12)7-15)8-16-5-1-2-13(17)9-16/h3-4,6,13,17H,1-2,5,8-9H2. The van der Waals surface area contributed by atoms with E-state index in [1.165, 1.54) is 12.1 Å². The summed E-state index contributed by atoms with van der Waals surface area (Å²) in [5.74, 6) is -0.385. The van der Waals surface area contributed by atoms with E-state index < -0.39 is 0 Å². The van der Waals surface area contributed by atoms with Crippen molar-refractivity contribution in [2.24, 2.45) is 0 Å². The lowest BCUT2D eigenvalue weighted by atomic mass is 10.0. The van der Waals surface area contributed by atoms with Crippen LogP contribution in [0, 0.1) is 17.1 Å². The van der Waals surface area contributed by atoms with Gasteiger partial charge < -0.3 is 5.11 Å². The molecule has 1 heterocycles. The van der Waals surface area contributed by atoms with Gasteiger partial charge in [0.15, 0.2) is 0 Å². The first-order valence-corrected chi connectivity index (χ1v) is 5.78. The van der Waals surface area contributed by atoms with E-state index in [0.29, 0.717) is 18.7 Å². The Hall–Kier alpha value is -1.44. The van der Waals surface area contributed by atoms with Crippen molar-refractivity contribution in [3.05, 3.63) is 35.1 Å². The van der Waals surface area contributed by atoms with E-state index in [9.17, 15) is 9.50 Å². The summed E-state index contributed by atoms with van der Waals surface area (Å²) in [5, 5.41) is 18.5. The molecule has 1 atom stereocenters. The molecule has 1 saturated heterocycles. The smallest absolute Gasteiger partial charge is 0.124 e. The Morgan fingerprint density at radius 3 is 3.06 bits per heavy atom. The molecule has 90 valence electrons. The lowest BCUT2D eigenvalue weighted by Gasteiger charge is -2.30. The van der Waals surface area contributed by atoms with Crippen LogP contribution in [0.25, 0.3) is 0 Å². The monoisotopic (exact) mass is 234 g/mol. The minimum Gasteiger partial charge on any atom is -0.392 e. The molecule has 3 nitrogen and oxygen atoms in total. The number of nitrogens with zero attached hydrogens (tertiary/aromatic N) is 2. The van der Waals surface area contributed by atoms with Crippen LogP contribution < -0.4 is 0 Å². The average molecular weight is 234 g/mol. The molecule has 1 aliphatic heterocycles. The zero-order valence-electron chi connectivity index (χ0n) is 9.56. The highest BCUT2D eigenvalue weighted by Gasteiger charge is 2.18. The molecular formula is C13H15FN2O. The van der Waals surface area contributed by atoms with Crippen LogP contribution in [-0.4, -0.2) is 29.2 Å². The zero-order chi connectivity index (χ0) is 12.3. The van der Waals surface area contributed by atoms with Crippen LogP contribution in [0.2, 0.25) is 0 Å². The molecule has 0 amide bonds. The van der Waals surface area contributed by atoms with Crippen molar-refractivity contribution in [1.29, 1.82) is 5.26 Å². The lowest BCUT2D eigenvalue weighted by Crippen LogP contribution is -2.37. The number of aliphatic hydroxyl groups excluding tert-OH is 1. The molecule has 1 N–H and O–H groups in total. The molecule has 4 heteroatoms. The van der Waals surface area contributed by atoms with E-state index >= 15 is 0 Å². The maximum Gasteiger partial charge on any atom is 0.124 e. The maximum absolute atomic E-state index is 13.0. The number of hydrogen-bond acceptors (Lipinski definition) is 3. The highest BCUT2D eigenvalue weighted by atomic mass is 19.1. The number of β-amino-alcohol motifs (C(OH)–C–C–N with tert-alkyl or cyclic N) is 1. The topological polar surface area (TPSA) is 47.3 Å². The van der Waals surface area contributed by atoms with Crippen molar-refractivity contribution in [2.45, 2.75) is 25.5 Å². The van der Waals surface area contributed by atoms with E-state index in [1.807, 2.05) is 6.07 Å². The first-order valence-electron chi connectivity index (χ1n) is 5.78. The van der Waals surface area contributed by atoms with Gasteiger partial charge in [-0.15, -0.1) is 0 Å². The Kier molecular flexibility index (Phi) is 3.72. The van der Waals surface area contributed by atoms with Crippen LogP contribution in [0.1, 0.15) is 24.0 Å². The summed E-state index contributed by atoms with van der Waals surface area (Å²) >= 11 is 0. The molecule has 0 aliphatic carbocycles. The van der Waals surface area contributed by atoms with Crippen LogP contribution in [0.3, 0.4) is 0 Å². The number of rotatable bonds is 2. The van der Waals surface area contributed by atoms with Gasteiger partial charge in [-0.25, -0.2) is 4.39 Å². The minimum absolute atomic E-state index is 0.283. The van der Waals surface area contributed by atoms with E-state index in [-0.39, 0.29) is 11.9 Å². The highest BCUT2D eigenvalue weighted by molar-refractivity contribution is 5.37. The fourth-order valence-electron chi connectivity index (χ4n) is 2.21. The van der Waals surface area contributed by atoms with Crippen molar-refractivity contribution >= 4 is 0 Å². The summed E-state index contributed by atoms with van der Waals surface area (Å²) in [7, 11) is 0. The normalized spacial score (nSPS) is 21.1. The number of benzene rings is 1. The average Bonchev–Trinajstić information content (AvgIpc) is 2.31. The zero-order valence-corrected chi connectivity index (χ0v) is 9.56. The first-order chi connectivity index (χ1) is 8.19. The van der Waals surface area contributed by atoms with Crippen molar-refractivity contribution in [3.63, 3.8) is 0 Å². The molecular weight excluding hydrogens is 219 g/mol. The summed E-state index contributed by atoms with van der Waals surface area (Å²) in [6.45, 7) is 2.14. The molecule has 0 bridgehead atoms. The Labute approximate surface area is 100 Å². The number of halogens is 1. The maximum atomic E-state index is 13.0. The van der Waals surface area contributed by atoms with Crippen LogP contribution in [0.15, 0.2) is 18.2 Å². The van der Waals surface area contributed by atoms with Gasteiger partial charge in [-0.1, -0.05) is 6.07 Å². The summed E-state index contributed by atoms with van der Waals surface area (Å²) in [5.41, 5.74) is 1.20. The van der Waals surface area contributed by atoms with Crippen molar-refractivity contribution < 1.29 is 9.50 Å². The molecule has 0 spiro atoms. The van der Waals surface area contributed by atoms with Gasteiger partial charge in [-0.3, -0.25) is 4.90 Å². The third kappa shape index (κ3) is 3.02. The van der Waals surface area contributed by atoms with Crippen LogP contribution in [-0.2, 0) is 6.54 Å². The lowest BCUT2D eigenvalue weighted by molar-refractivity contribution is 0.0668. The second kappa shape index (κ2) is 5.26. The van der Waals surface area contributed by atoms with E-state index in [0.717, 1.165) is 24.9 Å². The summed E-state index contributed by atoms with van der Waals surface area (Å²) in [6.07, 6.45) is 1.52. The fraction of sp³-hybridized carbons (Fsp3) is 0.462. The Morgan fingerprint density at radius 2 is 2.35 bits per heavy atom. The molecule has 1 aromatic rings. The molecule has 2 rings (SSSR count). The van der Waals surface area contributed by atoms with Gasteiger partial charge in [-0.2, -0.15) is 5.26 Å². The van der Waals surface area contributed by atoms with Gasteiger partial charge in [-0.05, 0) is 37.1 Å². The van der Waals surface area contributed by atoms with Crippen LogP contribution in [0.4, 0.5) is 4.39 Å². The van der Waals surface area contributed by atoms with E-state index in [1.54, 1.807) is 6.07 Å². The Morgan fingerprint density at radius 1 is 1.53 bits per heavy atom.